The summed E-state index contributed by atoms with van der Waals surface area (Å²) in [6.45, 7) is 3.76. The second-order valence-electron chi connectivity index (χ2n) is 10.7. The van der Waals surface area contributed by atoms with Crippen molar-refractivity contribution in [3.63, 3.8) is 0 Å². The lowest BCUT2D eigenvalue weighted by atomic mass is 9.93. The van der Waals surface area contributed by atoms with Crippen LogP contribution >= 0.6 is 0 Å². The summed E-state index contributed by atoms with van der Waals surface area (Å²) >= 11 is 0. The molecule has 40 heavy (non-hydrogen) atoms. The van der Waals surface area contributed by atoms with Gasteiger partial charge < -0.3 is 29.3 Å². The number of carbonyl (C=O) groups excluding carboxylic acids is 1. The van der Waals surface area contributed by atoms with Gasteiger partial charge in [0, 0.05) is 63.8 Å². The number of hydrogen-bond acceptors (Lipinski definition) is 6. The van der Waals surface area contributed by atoms with E-state index in [9.17, 15) is 24.6 Å². The van der Waals surface area contributed by atoms with E-state index in [1.807, 2.05) is 19.9 Å². The molecule has 1 atom stereocenters. The summed E-state index contributed by atoms with van der Waals surface area (Å²) in [5.41, 5.74) is 5.33. The van der Waals surface area contributed by atoms with Gasteiger partial charge in [0.25, 0.3) is 0 Å². The van der Waals surface area contributed by atoms with Crippen LogP contribution in [0.4, 0.5) is 0 Å². The molecule has 1 aliphatic carbocycles. The van der Waals surface area contributed by atoms with Crippen LogP contribution in [-0.4, -0.2) is 33.1 Å². The Morgan fingerprint density at radius 1 is 1.02 bits per heavy atom. The molecule has 0 unspecified atom stereocenters. The molecular weight excluding hydrogens is 512 g/mol. The second-order valence-corrected chi connectivity index (χ2v) is 10.7. The highest BCUT2D eigenvalue weighted by molar-refractivity contribution is 6.00. The van der Waals surface area contributed by atoms with Crippen LogP contribution in [0, 0.1) is 13.8 Å². The third-order valence-corrected chi connectivity index (χ3v) is 8.13. The van der Waals surface area contributed by atoms with Gasteiger partial charge in [-0.3, -0.25) is 4.79 Å². The fourth-order valence-electron chi connectivity index (χ4n) is 5.97. The van der Waals surface area contributed by atoms with E-state index in [-0.39, 0.29) is 25.0 Å². The number of carboxylic acid groups (broad SMARTS) is 1. The lowest BCUT2D eigenvalue weighted by Crippen LogP contribution is -2.42. The van der Waals surface area contributed by atoms with Gasteiger partial charge in [-0.15, -0.1) is 0 Å². The van der Waals surface area contributed by atoms with E-state index in [1.54, 1.807) is 18.3 Å². The predicted molar refractivity (Wildman–Crippen MR) is 150 cm³/mol. The molecule has 3 aromatic heterocycles. The summed E-state index contributed by atoms with van der Waals surface area (Å²) in [5.74, 6) is -0.580. The van der Waals surface area contributed by atoms with Crippen LogP contribution in [0.25, 0.3) is 32.8 Å². The number of aromatic hydroxyl groups is 1. The molecule has 0 spiro atoms. The van der Waals surface area contributed by atoms with Crippen molar-refractivity contribution in [1.29, 1.82) is 0 Å². The second kappa shape index (κ2) is 9.89. The van der Waals surface area contributed by atoms with E-state index >= 15 is 0 Å². The molecule has 1 aliphatic rings. The van der Waals surface area contributed by atoms with Crippen LogP contribution in [0.3, 0.4) is 0 Å². The van der Waals surface area contributed by atoms with Crippen LogP contribution < -0.4 is 10.9 Å². The molecule has 0 bridgehead atoms. The Bertz CT molecular complexity index is 1870. The van der Waals surface area contributed by atoms with Crippen LogP contribution in [0.15, 0.2) is 44.1 Å². The number of rotatable bonds is 7. The van der Waals surface area contributed by atoms with Crippen molar-refractivity contribution in [2.45, 2.75) is 64.8 Å². The lowest BCUT2D eigenvalue weighted by molar-refractivity contribution is -0.141. The minimum absolute atomic E-state index is 0.0337. The average molecular weight is 543 g/mol. The molecule has 0 saturated heterocycles. The maximum Gasteiger partial charge on any atom is 0.339 e. The standard InChI is InChI=1S/C31H30N2O7/c1-15-19(31(38)40-28-16(2)29-23(13-21(15)28)20-5-3-4-6-26(20)39-29)8-10-27(35)33-25(30(36)37)11-17-14-32-24-9-7-18(34)12-22(17)24/h7,9,12-14,25,32,34H,3-6,8,10-11H2,1-2H3,(H,33,35)(H,36,37)/t25-/m1/s1. The number of fused-ring (bicyclic) bond motifs is 5. The highest BCUT2D eigenvalue weighted by atomic mass is 16.4. The van der Waals surface area contributed by atoms with Crippen molar-refractivity contribution in [3.05, 3.63) is 74.5 Å². The maximum atomic E-state index is 13.0. The van der Waals surface area contributed by atoms with E-state index < -0.39 is 23.5 Å². The molecule has 4 N–H and O–H groups in total. The molecule has 3 heterocycles. The number of aryl methyl sites for hydroxylation is 4. The molecule has 206 valence electrons. The first-order valence-corrected chi connectivity index (χ1v) is 13.5. The number of carbonyl (C=O) groups is 2. The van der Waals surface area contributed by atoms with E-state index in [0.29, 0.717) is 22.1 Å². The van der Waals surface area contributed by atoms with Gasteiger partial charge in [0.2, 0.25) is 5.91 Å². The highest BCUT2D eigenvalue weighted by Crippen LogP contribution is 2.38. The van der Waals surface area contributed by atoms with Gasteiger partial charge in [0.05, 0.1) is 0 Å². The summed E-state index contributed by atoms with van der Waals surface area (Å²) in [5, 5.41) is 24.7. The zero-order chi connectivity index (χ0) is 28.1. The van der Waals surface area contributed by atoms with Crippen LogP contribution in [0.5, 0.6) is 5.75 Å². The number of aliphatic carboxylic acids is 1. The van der Waals surface area contributed by atoms with Gasteiger partial charge in [-0.05, 0) is 74.9 Å². The number of phenolic OH excluding ortho intramolecular Hbond substituents is 1. The van der Waals surface area contributed by atoms with Crippen molar-refractivity contribution in [1.82, 2.24) is 10.3 Å². The molecule has 9 nitrogen and oxygen atoms in total. The van der Waals surface area contributed by atoms with Gasteiger partial charge >= 0.3 is 11.6 Å². The smallest absolute Gasteiger partial charge is 0.339 e. The molecular formula is C31H30N2O7. The Labute approximate surface area is 228 Å². The number of H-pyrrole nitrogens is 1. The fourth-order valence-corrected chi connectivity index (χ4v) is 5.97. The van der Waals surface area contributed by atoms with Gasteiger partial charge in [-0.25, -0.2) is 9.59 Å². The Hall–Kier alpha value is -4.53. The van der Waals surface area contributed by atoms with Gasteiger partial charge in [-0.1, -0.05) is 0 Å². The van der Waals surface area contributed by atoms with Crippen LogP contribution in [0.2, 0.25) is 0 Å². The monoisotopic (exact) mass is 542 g/mol. The number of phenols is 1. The quantitative estimate of drug-likeness (QED) is 0.213. The first-order valence-electron chi connectivity index (χ1n) is 13.5. The van der Waals surface area contributed by atoms with Crippen molar-refractivity contribution in [2.75, 3.05) is 0 Å². The summed E-state index contributed by atoms with van der Waals surface area (Å²) in [4.78, 5) is 40.9. The number of nitrogens with one attached hydrogen (secondary N) is 2. The minimum Gasteiger partial charge on any atom is -0.508 e. The predicted octanol–water partition coefficient (Wildman–Crippen LogP) is 4.97. The average Bonchev–Trinajstić information content (AvgIpc) is 3.50. The topological polar surface area (TPSA) is 146 Å². The largest absolute Gasteiger partial charge is 0.508 e. The number of aromatic nitrogens is 1. The first-order chi connectivity index (χ1) is 19.2. The number of hydrogen-bond donors (Lipinski definition) is 4. The fraction of sp³-hybridized carbons (Fsp3) is 0.323. The SMILES string of the molecule is Cc1c(CCC(=O)N[C@H](Cc2c[nH]c3ccc(O)cc23)C(=O)O)c(=O)oc2c(C)c3oc4c(c3cc12)CCCC4. The van der Waals surface area contributed by atoms with Crippen LogP contribution in [-0.2, 0) is 35.3 Å². The molecule has 9 heteroatoms. The van der Waals surface area contributed by atoms with Crippen molar-refractivity contribution >= 4 is 44.7 Å². The zero-order valence-corrected chi connectivity index (χ0v) is 22.3. The Balaban J connectivity index is 1.23. The summed E-state index contributed by atoms with van der Waals surface area (Å²) < 4.78 is 11.9. The number of carboxylic acids is 1. The summed E-state index contributed by atoms with van der Waals surface area (Å²) in [7, 11) is 0. The molecule has 0 saturated carbocycles. The Morgan fingerprint density at radius 2 is 1.80 bits per heavy atom. The summed E-state index contributed by atoms with van der Waals surface area (Å²) in [6.07, 6.45) is 5.82. The van der Waals surface area contributed by atoms with E-state index in [0.717, 1.165) is 64.4 Å². The molecule has 0 radical (unpaired) electrons. The number of amides is 1. The number of furan rings is 1. The molecule has 2 aromatic carbocycles. The third-order valence-electron chi connectivity index (χ3n) is 8.13. The molecule has 0 aliphatic heterocycles. The van der Waals surface area contributed by atoms with Crippen molar-refractivity contribution in [2.24, 2.45) is 0 Å². The zero-order valence-electron chi connectivity index (χ0n) is 22.3. The molecule has 6 rings (SSSR count). The van der Waals surface area contributed by atoms with Gasteiger partial charge in [0.1, 0.15) is 28.7 Å². The van der Waals surface area contributed by atoms with Crippen molar-refractivity contribution < 1.29 is 28.6 Å². The van der Waals surface area contributed by atoms with Gasteiger partial charge in [-0.2, -0.15) is 0 Å². The highest BCUT2D eigenvalue weighted by Gasteiger charge is 2.25. The lowest BCUT2D eigenvalue weighted by Gasteiger charge is -2.15. The maximum absolute atomic E-state index is 13.0. The van der Waals surface area contributed by atoms with E-state index in [4.69, 9.17) is 8.83 Å². The van der Waals surface area contributed by atoms with Gasteiger partial charge in [0.15, 0.2) is 0 Å². The Morgan fingerprint density at radius 3 is 2.60 bits per heavy atom. The molecule has 0 fully saturated rings. The Kier molecular flexibility index (Phi) is 6.37. The molecule has 5 aromatic rings. The van der Waals surface area contributed by atoms with Crippen molar-refractivity contribution in [3.8, 4) is 5.75 Å². The van der Waals surface area contributed by atoms with E-state index in [2.05, 4.69) is 10.3 Å². The molecule has 1 amide bonds. The van der Waals surface area contributed by atoms with E-state index in [1.165, 1.54) is 11.6 Å². The van der Waals surface area contributed by atoms with Crippen LogP contribution in [0.1, 0.15) is 52.8 Å². The number of benzene rings is 2. The third kappa shape index (κ3) is 4.41. The normalized spacial score (nSPS) is 14.1. The minimum atomic E-state index is -1.17. The summed E-state index contributed by atoms with van der Waals surface area (Å²) in [6, 6.07) is 5.65. The first kappa shape index (κ1) is 25.7. The number of aromatic amines is 1.